The van der Waals surface area contributed by atoms with Gasteiger partial charge in [-0.25, -0.2) is 0 Å². The molecule has 1 heterocycles. The molecule has 2 N–H and O–H groups in total. The molecule has 80 valence electrons. The lowest BCUT2D eigenvalue weighted by Crippen LogP contribution is -2.28. The first kappa shape index (κ1) is 11.7. The van der Waals surface area contributed by atoms with Gasteiger partial charge in [-0.3, -0.25) is 0 Å². The summed E-state index contributed by atoms with van der Waals surface area (Å²) < 4.78 is 5.80. The van der Waals surface area contributed by atoms with E-state index in [-0.39, 0.29) is 18.2 Å². The van der Waals surface area contributed by atoms with Crippen LogP contribution in [0.1, 0.15) is 36.6 Å². The predicted molar refractivity (Wildman–Crippen MR) is 61.7 cm³/mol. The van der Waals surface area contributed by atoms with E-state index in [0.717, 1.165) is 0 Å². The van der Waals surface area contributed by atoms with E-state index in [4.69, 9.17) is 10.5 Å². The average Bonchev–Trinajstić information content (AvgIpc) is 2.46. The summed E-state index contributed by atoms with van der Waals surface area (Å²) in [7, 11) is 0. The highest BCUT2D eigenvalue weighted by Gasteiger charge is 2.19. The summed E-state index contributed by atoms with van der Waals surface area (Å²) in [6.45, 7) is 8.16. The van der Waals surface area contributed by atoms with Crippen molar-refractivity contribution < 1.29 is 4.74 Å². The largest absolute Gasteiger partial charge is 0.368 e. The van der Waals surface area contributed by atoms with Gasteiger partial charge in [0.05, 0.1) is 6.10 Å². The molecule has 14 heavy (non-hydrogen) atoms. The third-order valence-corrected chi connectivity index (χ3v) is 3.00. The summed E-state index contributed by atoms with van der Waals surface area (Å²) >= 11 is 1.76. The van der Waals surface area contributed by atoms with Crippen molar-refractivity contribution in [2.45, 2.75) is 45.9 Å². The van der Waals surface area contributed by atoms with Gasteiger partial charge in [0.25, 0.3) is 0 Å². The van der Waals surface area contributed by atoms with Crippen LogP contribution in [0.3, 0.4) is 0 Å². The third kappa shape index (κ3) is 3.08. The van der Waals surface area contributed by atoms with Gasteiger partial charge in [0.15, 0.2) is 0 Å². The Bertz CT molecular complexity index is 281. The fourth-order valence-corrected chi connectivity index (χ4v) is 2.38. The molecular formula is C11H19NOS. The Labute approximate surface area is 90.1 Å². The van der Waals surface area contributed by atoms with Crippen LogP contribution in [0.4, 0.5) is 0 Å². The van der Waals surface area contributed by atoms with Gasteiger partial charge < -0.3 is 10.5 Å². The number of hydrogen-bond acceptors (Lipinski definition) is 3. The van der Waals surface area contributed by atoms with E-state index >= 15 is 0 Å². The van der Waals surface area contributed by atoms with Gasteiger partial charge in [-0.05, 0) is 39.8 Å². The zero-order valence-electron chi connectivity index (χ0n) is 9.28. The molecule has 0 saturated heterocycles. The summed E-state index contributed by atoms with van der Waals surface area (Å²) in [6, 6.07) is 4.26. The van der Waals surface area contributed by atoms with Gasteiger partial charge in [0.1, 0.15) is 6.10 Å². The minimum Gasteiger partial charge on any atom is -0.368 e. The Hall–Kier alpha value is -0.380. The van der Waals surface area contributed by atoms with Crippen LogP contribution in [0.5, 0.6) is 0 Å². The number of nitrogens with two attached hydrogens (primary N) is 1. The summed E-state index contributed by atoms with van der Waals surface area (Å²) in [5.74, 6) is 0. The molecule has 0 fully saturated rings. The van der Waals surface area contributed by atoms with Crippen molar-refractivity contribution in [3.8, 4) is 0 Å². The summed E-state index contributed by atoms with van der Waals surface area (Å²) in [6.07, 6.45) is 0.252. The first-order valence-electron chi connectivity index (χ1n) is 4.98. The summed E-state index contributed by atoms with van der Waals surface area (Å²) in [5, 5.41) is 0. The van der Waals surface area contributed by atoms with Gasteiger partial charge in [0.2, 0.25) is 0 Å². The van der Waals surface area contributed by atoms with Crippen LogP contribution >= 0.6 is 11.3 Å². The van der Waals surface area contributed by atoms with Crippen molar-refractivity contribution in [1.82, 2.24) is 0 Å². The molecule has 1 aromatic rings. The molecule has 0 aliphatic carbocycles. The molecule has 2 atom stereocenters. The number of aryl methyl sites for hydroxylation is 1. The van der Waals surface area contributed by atoms with Crippen molar-refractivity contribution in [3.63, 3.8) is 0 Å². The van der Waals surface area contributed by atoms with Crippen LogP contribution in [0.15, 0.2) is 12.1 Å². The molecule has 1 aromatic heterocycles. The molecule has 1 rings (SSSR count). The Kier molecular flexibility index (Phi) is 4.11. The van der Waals surface area contributed by atoms with E-state index in [0.29, 0.717) is 0 Å². The van der Waals surface area contributed by atoms with E-state index < -0.39 is 0 Å². The third-order valence-electron chi connectivity index (χ3n) is 1.94. The van der Waals surface area contributed by atoms with Crippen LogP contribution < -0.4 is 5.73 Å². The molecular weight excluding hydrogens is 194 g/mol. The van der Waals surface area contributed by atoms with Gasteiger partial charge >= 0.3 is 0 Å². The molecule has 0 aliphatic heterocycles. The fourth-order valence-electron chi connectivity index (χ4n) is 1.35. The molecule has 2 nitrogen and oxygen atoms in total. The zero-order chi connectivity index (χ0) is 10.7. The SMILES string of the molecule is Cc1ccc(C(OC(C)C)C(C)N)s1. The van der Waals surface area contributed by atoms with E-state index in [9.17, 15) is 0 Å². The molecule has 0 spiro atoms. The van der Waals surface area contributed by atoms with E-state index in [2.05, 4.69) is 19.1 Å². The molecule has 3 heteroatoms. The molecule has 0 saturated carbocycles. The Balaban J connectivity index is 2.77. The highest BCUT2D eigenvalue weighted by Crippen LogP contribution is 2.28. The van der Waals surface area contributed by atoms with Crippen LogP contribution in [0.25, 0.3) is 0 Å². The Morgan fingerprint density at radius 1 is 1.29 bits per heavy atom. The second-order valence-electron chi connectivity index (χ2n) is 3.91. The van der Waals surface area contributed by atoms with Crippen molar-refractivity contribution in [3.05, 3.63) is 21.9 Å². The molecule has 0 bridgehead atoms. The monoisotopic (exact) mass is 213 g/mol. The number of ether oxygens (including phenoxy) is 1. The van der Waals surface area contributed by atoms with Crippen molar-refractivity contribution in [1.29, 1.82) is 0 Å². The van der Waals surface area contributed by atoms with Crippen LogP contribution in [-0.4, -0.2) is 12.1 Å². The molecule has 0 radical (unpaired) electrons. The van der Waals surface area contributed by atoms with Crippen molar-refractivity contribution in [2.24, 2.45) is 5.73 Å². The van der Waals surface area contributed by atoms with Crippen LogP contribution in [0, 0.1) is 6.92 Å². The predicted octanol–water partition coefficient (Wildman–Crippen LogP) is 2.87. The van der Waals surface area contributed by atoms with Gasteiger partial charge in [-0.2, -0.15) is 0 Å². The highest BCUT2D eigenvalue weighted by molar-refractivity contribution is 7.12. The first-order chi connectivity index (χ1) is 6.50. The Morgan fingerprint density at radius 3 is 2.29 bits per heavy atom. The molecule has 0 aromatic carbocycles. The second-order valence-corrected chi connectivity index (χ2v) is 5.23. The van der Waals surface area contributed by atoms with Gasteiger partial charge in [0, 0.05) is 15.8 Å². The molecule has 0 aliphatic rings. The Morgan fingerprint density at radius 2 is 1.93 bits per heavy atom. The topological polar surface area (TPSA) is 35.2 Å². The normalized spacial score (nSPS) is 15.9. The second kappa shape index (κ2) is 4.91. The molecule has 2 unspecified atom stereocenters. The fraction of sp³-hybridized carbons (Fsp3) is 0.636. The van der Waals surface area contributed by atoms with E-state index in [1.807, 2.05) is 20.8 Å². The quantitative estimate of drug-likeness (QED) is 0.834. The minimum atomic E-state index is 0.0358. The summed E-state index contributed by atoms with van der Waals surface area (Å²) in [5.41, 5.74) is 5.91. The zero-order valence-corrected chi connectivity index (χ0v) is 10.1. The van der Waals surface area contributed by atoms with E-state index in [1.165, 1.54) is 9.75 Å². The smallest absolute Gasteiger partial charge is 0.107 e. The molecule has 0 amide bonds. The highest BCUT2D eigenvalue weighted by atomic mass is 32.1. The van der Waals surface area contributed by atoms with E-state index in [1.54, 1.807) is 11.3 Å². The van der Waals surface area contributed by atoms with Gasteiger partial charge in [-0.1, -0.05) is 0 Å². The number of rotatable bonds is 4. The van der Waals surface area contributed by atoms with Gasteiger partial charge in [-0.15, -0.1) is 11.3 Å². The first-order valence-corrected chi connectivity index (χ1v) is 5.79. The maximum absolute atomic E-state index is 5.91. The maximum atomic E-state index is 5.91. The maximum Gasteiger partial charge on any atom is 0.107 e. The van der Waals surface area contributed by atoms with Crippen LogP contribution in [0.2, 0.25) is 0 Å². The summed E-state index contributed by atoms with van der Waals surface area (Å²) in [4.78, 5) is 2.53. The number of hydrogen-bond donors (Lipinski definition) is 1. The number of thiophene rings is 1. The lowest BCUT2D eigenvalue weighted by Gasteiger charge is -2.22. The van der Waals surface area contributed by atoms with Crippen molar-refractivity contribution in [2.75, 3.05) is 0 Å². The minimum absolute atomic E-state index is 0.0358. The standard InChI is InChI=1S/C11H19NOS/c1-7(2)13-11(9(4)12)10-6-5-8(3)14-10/h5-7,9,11H,12H2,1-4H3. The lowest BCUT2D eigenvalue weighted by molar-refractivity contribution is -0.00304. The lowest BCUT2D eigenvalue weighted by atomic mass is 10.1. The average molecular weight is 213 g/mol. The van der Waals surface area contributed by atoms with Crippen molar-refractivity contribution >= 4 is 11.3 Å². The van der Waals surface area contributed by atoms with Crippen LogP contribution in [-0.2, 0) is 4.74 Å².